The molecule has 0 bridgehead atoms. The highest BCUT2D eigenvalue weighted by Gasteiger charge is 2.37. The lowest BCUT2D eigenvalue weighted by Gasteiger charge is -2.14. The molecule has 3 rings (SSSR count). The number of benzene rings is 1. The van der Waals surface area contributed by atoms with Gasteiger partial charge in [-0.3, -0.25) is 0 Å². The summed E-state index contributed by atoms with van der Waals surface area (Å²) in [6.45, 7) is 5.58. The minimum atomic E-state index is 0.272. The van der Waals surface area contributed by atoms with Crippen molar-refractivity contribution in [1.29, 1.82) is 0 Å². The highest BCUT2D eigenvalue weighted by Crippen LogP contribution is 2.44. The fourth-order valence-electron chi connectivity index (χ4n) is 2.14. The molecule has 1 unspecified atom stereocenters. The van der Waals surface area contributed by atoms with Crippen molar-refractivity contribution in [3.8, 4) is 0 Å². The highest BCUT2D eigenvalue weighted by atomic mass is 79.9. The summed E-state index contributed by atoms with van der Waals surface area (Å²) in [5.41, 5.74) is 1.49. The second-order valence-corrected chi connectivity index (χ2v) is 6.66. The highest BCUT2D eigenvalue weighted by molar-refractivity contribution is 9.10. The van der Waals surface area contributed by atoms with E-state index in [1.807, 2.05) is 12.1 Å². The van der Waals surface area contributed by atoms with Crippen LogP contribution < -0.4 is 5.32 Å². The molecule has 18 heavy (non-hydrogen) atoms. The van der Waals surface area contributed by atoms with Crippen LogP contribution in [0.5, 0.6) is 0 Å². The fourth-order valence-corrected chi connectivity index (χ4v) is 2.52. The summed E-state index contributed by atoms with van der Waals surface area (Å²) in [5, 5.41) is 4.73. The molecule has 1 heterocycles. The monoisotopic (exact) mass is 307 g/mol. The summed E-state index contributed by atoms with van der Waals surface area (Å²) >= 11 is 3.49. The number of nitrogens with one attached hydrogen (secondary N) is 1. The second-order valence-electron chi connectivity index (χ2n) is 5.74. The lowest BCUT2D eigenvalue weighted by Crippen LogP contribution is -2.24. The largest absolute Gasteiger partial charge is 0.459 e. The third-order valence-corrected chi connectivity index (χ3v) is 4.36. The maximum Gasteiger partial charge on any atom is 0.134 e. The van der Waals surface area contributed by atoms with Gasteiger partial charge in [0.25, 0.3) is 0 Å². The van der Waals surface area contributed by atoms with Crippen LogP contribution in [0.1, 0.15) is 38.5 Å². The Morgan fingerprint density at radius 1 is 1.39 bits per heavy atom. The smallest absolute Gasteiger partial charge is 0.134 e. The molecule has 1 aliphatic rings. The number of furan rings is 1. The van der Waals surface area contributed by atoms with Crippen molar-refractivity contribution in [1.82, 2.24) is 5.32 Å². The van der Waals surface area contributed by atoms with Crippen molar-refractivity contribution < 1.29 is 4.42 Å². The van der Waals surface area contributed by atoms with Crippen molar-refractivity contribution in [2.45, 2.75) is 32.7 Å². The van der Waals surface area contributed by atoms with E-state index >= 15 is 0 Å². The van der Waals surface area contributed by atoms with Crippen LogP contribution in [-0.4, -0.2) is 6.54 Å². The van der Waals surface area contributed by atoms with Crippen LogP contribution in [0.4, 0.5) is 0 Å². The molecule has 1 fully saturated rings. The topological polar surface area (TPSA) is 25.2 Å². The number of fused-ring (bicyclic) bond motifs is 1. The second kappa shape index (κ2) is 4.39. The van der Waals surface area contributed by atoms with Crippen LogP contribution in [0.3, 0.4) is 0 Å². The van der Waals surface area contributed by atoms with E-state index in [9.17, 15) is 0 Å². The number of hydrogen-bond acceptors (Lipinski definition) is 2. The molecule has 96 valence electrons. The van der Waals surface area contributed by atoms with E-state index in [4.69, 9.17) is 4.42 Å². The zero-order chi connectivity index (χ0) is 12.8. The summed E-state index contributed by atoms with van der Waals surface area (Å²) in [6, 6.07) is 8.52. The van der Waals surface area contributed by atoms with Gasteiger partial charge in [0, 0.05) is 16.4 Å². The maximum atomic E-state index is 5.89. The SMILES string of the molecule is CC(NCC1(C)CC1)c1cc2cc(Br)ccc2o1. The first kappa shape index (κ1) is 12.2. The van der Waals surface area contributed by atoms with Crippen molar-refractivity contribution in [3.63, 3.8) is 0 Å². The van der Waals surface area contributed by atoms with Crippen LogP contribution in [0.2, 0.25) is 0 Å². The van der Waals surface area contributed by atoms with Gasteiger partial charge >= 0.3 is 0 Å². The van der Waals surface area contributed by atoms with Gasteiger partial charge in [-0.05, 0) is 49.4 Å². The molecule has 3 heteroatoms. The van der Waals surface area contributed by atoms with Crippen molar-refractivity contribution in [2.24, 2.45) is 5.41 Å². The fraction of sp³-hybridized carbons (Fsp3) is 0.467. The third kappa shape index (κ3) is 2.47. The molecule has 1 atom stereocenters. The van der Waals surface area contributed by atoms with Gasteiger partial charge in [-0.25, -0.2) is 0 Å². The number of halogens is 1. The number of rotatable bonds is 4. The van der Waals surface area contributed by atoms with E-state index in [0.29, 0.717) is 5.41 Å². The Morgan fingerprint density at radius 2 is 2.17 bits per heavy atom. The van der Waals surface area contributed by atoms with Crippen LogP contribution in [-0.2, 0) is 0 Å². The molecule has 1 saturated carbocycles. The zero-order valence-electron chi connectivity index (χ0n) is 10.8. The van der Waals surface area contributed by atoms with Gasteiger partial charge in [-0.1, -0.05) is 22.9 Å². The molecule has 1 aliphatic carbocycles. The normalized spacial score (nSPS) is 19.1. The first-order valence-electron chi connectivity index (χ1n) is 6.48. The third-order valence-electron chi connectivity index (χ3n) is 3.86. The number of hydrogen-bond donors (Lipinski definition) is 1. The zero-order valence-corrected chi connectivity index (χ0v) is 12.4. The van der Waals surface area contributed by atoms with Crippen LogP contribution in [0, 0.1) is 5.41 Å². The molecule has 1 aromatic heterocycles. The lowest BCUT2D eigenvalue weighted by atomic mass is 10.1. The molecule has 0 saturated heterocycles. The Kier molecular flexibility index (Phi) is 2.99. The van der Waals surface area contributed by atoms with E-state index in [0.717, 1.165) is 27.7 Å². The minimum Gasteiger partial charge on any atom is -0.459 e. The van der Waals surface area contributed by atoms with Gasteiger partial charge in [0.15, 0.2) is 0 Å². The minimum absolute atomic E-state index is 0.272. The van der Waals surface area contributed by atoms with E-state index in [1.165, 1.54) is 12.8 Å². The first-order valence-corrected chi connectivity index (χ1v) is 7.27. The Morgan fingerprint density at radius 3 is 2.89 bits per heavy atom. The average Bonchev–Trinajstić information content (AvgIpc) is 2.92. The lowest BCUT2D eigenvalue weighted by molar-refractivity contribution is 0.408. The molecule has 2 nitrogen and oxygen atoms in total. The van der Waals surface area contributed by atoms with Gasteiger partial charge in [-0.15, -0.1) is 0 Å². The van der Waals surface area contributed by atoms with E-state index in [1.54, 1.807) is 0 Å². The van der Waals surface area contributed by atoms with Crippen molar-refractivity contribution in [2.75, 3.05) is 6.54 Å². The van der Waals surface area contributed by atoms with Crippen LogP contribution in [0.25, 0.3) is 11.0 Å². The maximum absolute atomic E-state index is 5.89. The first-order chi connectivity index (χ1) is 8.56. The predicted molar refractivity (Wildman–Crippen MR) is 77.7 cm³/mol. The van der Waals surface area contributed by atoms with E-state index in [-0.39, 0.29) is 6.04 Å². The van der Waals surface area contributed by atoms with Crippen LogP contribution in [0.15, 0.2) is 33.2 Å². The van der Waals surface area contributed by atoms with Gasteiger partial charge in [0.1, 0.15) is 11.3 Å². The summed E-state index contributed by atoms with van der Waals surface area (Å²) in [5.74, 6) is 1.02. The Balaban J connectivity index is 1.76. The van der Waals surface area contributed by atoms with Crippen molar-refractivity contribution in [3.05, 3.63) is 34.5 Å². The predicted octanol–water partition coefficient (Wildman–Crippen LogP) is 4.65. The summed E-state index contributed by atoms with van der Waals surface area (Å²) in [4.78, 5) is 0. The van der Waals surface area contributed by atoms with E-state index < -0.39 is 0 Å². The summed E-state index contributed by atoms with van der Waals surface area (Å²) in [7, 11) is 0. The molecular weight excluding hydrogens is 290 g/mol. The molecule has 1 N–H and O–H groups in total. The Hall–Kier alpha value is -0.800. The molecule has 0 radical (unpaired) electrons. The molecular formula is C15H18BrNO. The average molecular weight is 308 g/mol. The van der Waals surface area contributed by atoms with Gasteiger partial charge in [0.2, 0.25) is 0 Å². The summed E-state index contributed by atoms with van der Waals surface area (Å²) < 4.78 is 6.98. The van der Waals surface area contributed by atoms with Crippen molar-refractivity contribution >= 4 is 26.9 Å². The Bertz CT molecular complexity index is 571. The summed E-state index contributed by atoms with van der Waals surface area (Å²) in [6.07, 6.45) is 2.69. The van der Waals surface area contributed by atoms with Gasteiger partial charge in [0.05, 0.1) is 6.04 Å². The molecule has 1 aromatic carbocycles. The van der Waals surface area contributed by atoms with Gasteiger partial charge in [-0.2, -0.15) is 0 Å². The standard InChI is InChI=1S/C15H18BrNO/c1-10(17-9-15(2)5-6-15)14-8-11-7-12(16)3-4-13(11)18-14/h3-4,7-8,10,17H,5-6,9H2,1-2H3. The van der Waals surface area contributed by atoms with E-state index in [2.05, 4.69) is 47.2 Å². The Labute approximate surface area is 116 Å². The molecule has 0 aliphatic heterocycles. The quantitative estimate of drug-likeness (QED) is 0.889. The van der Waals surface area contributed by atoms with Crippen LogP contribution >= 0.6 is 15.9 Å². The molecule has 0 amide bonds. The molecule has 2 aromatic rings. The molecule has 0 spiro atoms. The van der Waals surface area contributed by atoms with Gasteiger partial charge < -0.3 is 9.73 Å².